The second-order valence-electron chi connectivity index (χ2n) is 7.54. The number of hydrogen-bond acceptors (Lipinski definition) is 7. The van der Waals surface area contributed by atoms with Crippen LogP contribution < -0.4 is 5.32 Å². The van der Waals surface area contributed by atoms with Crippen LogP contribution in [0.5, 0.6) is 0 Å². The molecule has 10 heteroatoms. The summed E-state index contributed by atoms with van der Waals surface area (Å²) < 4.78 is 9.30. The van der Waals surface area contributed by atoms with Crippen molar-refractivity contribution in [3.8, 4) is 17.1 Å². The van der Waals surface area contributed by atoms with Gasteiger partial charge in [-0.2, -0.15) is 0 Å². The Bertz CT molecular complexity index is 1130. The first kappa shape index (κ1) is 22.3. The van der Waals surface area contributed by atoms with Gasteiger partial charge in [0.25, 0.3) is 0 Å². The Kier molecular flexibility index (Phi) is 6.49. The number of nitrogens with zero attached hydrogens (tertiary/aromatic N) is 3. The molecule has 32 heavy (non-hydrogen) atoms. The Hall–Kier alpha value is -2.89. The molecule has 1 aliphatic rings. The molecule has 4 rings (SSSR count). The number of rotatable bonds is 5. The summed E-state index contributed by atoms with van der Waals surface area (Å²) >= 11 is 5.75. The van der Waals surface area contributed by atoms with E-state index in [1.54, 1.807) is 4.57 Å². The molecular weight excluding hydrogens is 432 g/mol. The molecule has 0 unspecified atom stereocenters. The van der Waals surface area contributed by atoms with Crippen LogP contribution in [-0.4, -0.2) is 66.5 Å². The van der Waals surface area contributed by atoms with Gasteiger partial charge in [-0.3, -0.25) is 9.36 Å². The van der Waals surface area contributed by atoms with Crippen LogP contribution in [0, 0.1) is 4.77 Å². The molecule has 1 saturated heterocycles. The Morgan fingerprint density at radius 1 is 1.09 bits per heavy atom. The zero-order chi connectivity index (χ0) is 22.8. The molecule has 1 aliphatic heterocycles. The summed E-state index contributed by atoms with van der Waals surface area (Å²) in [6.45, 7) is 0.769. The first-order valence-electron chi connectivity index (χ1n) is 10.1. The molecule has 0 saturated carbocycles. The number of nitrogens with one attached hydrogen (secondary N) is 1. The molecule has 0 radical (unpaired) electrons. The largest absolute Gasteiger partial charge is 0.394 e. The van der Waals surface area contributed by atoms with E-state index >= 15 is 0 Å². The average molecular weight is 457 g/mol. The summed E-state index contributed by atoms with van der Waals surface area (Å²) in [5.41, 5.74) is 1.57. The molecule has 5 atom stereocenters. The van der Waals surface area contributed by atoms with Gasteiger partial charge in [-0.1, -0.05) is 48.5 Å². The molecule has 2 heterocycles. The highest BCUT2D eigenvalue weighted by atomic mass is 32.1. The Morgan fingerprint density at radius 3 is 2.31 bits per heavy atom. The molecule has 2 aromatic carbocycles. The highest BCUT2D eigenvalue weighted by Crippen LogP contribution is 2.31. The summed E-state index contributed by atoms with van der Waals surface area (Å²) in [6, 6.07) is 17.8. The summed E-state index contributed by atoms with van der Waals surface area (Å²) in [4.78, 5) is 11.8. The van der Waals surface area contributed by atoms with Crippen LogP contribution in [0.4, 0.5) is 0 Å². The fourth-order valence-corrected chi connectivity index (χ4v) is 4.17. The molecule has 168 valence electrons. The molecule has 3 aromatic rings. The monoisotopic (exact) mass is 456 g/mol. The van der Waals surface area contributed by atoms with Gasteiger partial charge >= 0.3 is 0 Å². The fourth-order valence-electron chi connectivity index (χ4n) is 3.83. The quantitative estimate of drug-likeness (QED) is 0.426. The fraction of sp³-hybridized carbons (Fsp3) is 0.318. The van der Waals surface area contributed by atoms with Gasteiger partial charge in [0.05, 0.1) is 6.61 Å². The number of para-hydroxylation sites is 1. The van der Waals surface area contributed by atoms with Crippen LogP contribution >= 0.6 is 12.2 Å². The van der Waals surface area contributed by atoms with Gasteiger partial charge in [0, 0.05) is 18.2 Å². The number of ether oxygens (including phenoxy) is 1. The van der Waals surface area contributed by atoms with Crippen LogP contribution in [0.2, 0.25) is 0 Å². The molecule has 1 fully saturated rings. The van der Waals surface area contributed by atoms with Crippen molar-refractivity contribution in [3.05, 3.63) is 65.4 Å². The van der Waals surface area contributed by atoms with Gasteiger partial charge in [-0.15, -0.1) is 5.10 Å². The van der Waals surface area contributed by atoms with Crippen LogP contribution in [0.3, 0.4) is 0 Å². The van der Waals surface area contributed by atoms with Crippen molar-refractivity contribution >= 4 is 18.1 Å². The van der Waals surface area contributed by atoms with Crippen molar-refractivity contribution in [2.24, 2.45) is 0 Å². The first-order valence-corrected chi connectivity index (χ1v) is 10.5. The highest BCUT2D eigenvalue weighted by molar-refractivity contribution is 7.71. The van der Waals surface area contributed by atoms with Crippen LogP contribution in [0.25, 0.3) is 17.1 Å². The smallest absolute Gasteiger partial charge is 0.217 e. The van der Waals surface area contributed by atoms with E-state index in [1.807, 2.05) is 60.7 Å². The van der Waals surface area contributed by atoms with E-state index in [2.05, 4.69) is 5.32 Å². The number of aliphatic hydroxyl groups excluding tert-OH is 3. The minimum Gasteiger partial charge on any atom is -0.394 e. The van der Waals surface area contributed by atoms with E-state index in [4.69, 9.17) is 22.1 Å². The van der Waals surface area contributed by atoms with Crippen molar-refractivity contribution in [3.63, 3.8) is 0 Å². The lowest BCUT2D eigenvalue weighted by molar-refractivity contribution is -0.219. The Balaban J connectivity index is 1.89. The zero-order valence-corrected chi connectivity index (χ0v) is 18.1. The lowest BCUT2D eigenvalue weighted by Crippen LogP contribution is -2.62. The highest BCUT2D eigenvalue weighted by Gasteiger charge is 2.46. The van der Waals surface area contributed by atoms with Gasteiger partial charge in [0.1, 0.15) is 24.4 Å². The molecule has 0 bridgehead atoms. The van der Waals surface area contributed by atoms with Gasteiger partial charge in [-0.05, 0) is 24.4 Å². The van der Waals surface area contributed by atoms with Crippen molar-refractivity contribution in [2.45, 2.75) is 37.5 Å². The van der Waals surface area contributed by atoms with Crippen molar-refractivity contribution in [1.82, 2.24) is 19.7 Å². The van der Waals surface area contributed by atoms with Crippen LogP contribution in [0.15, 0.2) is 60.7 Å². The van der Waals surface area contributed by atoms with Crippen molar-refractivity contribution in [2.75, 3.05) is 6.61 Å². The van der Waals surface area contributed by atoms with Crippen LogP contribution in [0.1, 0.15) is 13.2 Å². The molecule has 1 amide bonds. The van der Waals surface area contributed by atoms with Gasteiger partial charge < -0.3 is 25.4 Å². The third-order valence-electron chi connectivity index (χ3n) is 5.36. The third kappa shape index (κ3) is 4.10. The Morgan fingerprint density at radius 2 is 1.72 bits per heavy atom. The zero-order valence-electron chi connectivity index (χ0n) is 17.3. The number of amides is 1. The maximum absolute atomic E-state index is 11.8. The molecule has 0 spiro atoms. The van der Waals surface area contributed by atoms with Crippen LogP contribution in [-0.2, 0) is 9.53 Å². The predicted molar refractivity (Wildman–Crippen MR) is 118 cm³/mol. The molecular formula is C22H24N4O5S. The summed E-state index contributed by atoms with van der Waals surface area (Å²) in [5.74, 6) is 0.114. The number of aliphatic hydroxyl groups is 3. The number of benzene rings is 2. The van der Waals surface area contributed by atoms with Gasteiger partial charge in [-0.25, -0.2) is 4.68 Å². The standard InChI is InChI=1S/C22H24N4O5S/c1-13(28)23-17-19(30)18(29)16(12-27)31-21(17)26-22(32)25(15-10-6-3-7-11-15)20(24-26)14-8-4-2-5-9-14/h2-11,16-19,21,27,29-30H,12H2,1H3,(H,23,28)/t16-,17-,18+,19+,21-/m0/s1. The predicted octanol–water partition coefficient (Wildman–Crippen LogP) is 1.19. The second kappa shape index (κ2) is 9.31. The second-order valence-corrected chi connectivity index (χ2v) is 7.91. The van der Waals surface area contributed by atoms with Crippen molar-refractivity contribution in [1.29, 1.82) is 0 Å². The maximum atomic E-state index is 11.8. The molecule has 9 nitrogen and oxygen atoms in total. The summed E-state index contributed by atoms with van der Waals surface area (Å²) in [7, 11) is 0. The Labute approximate surface area is 189 Å². The van der Waals surface area contributed by atoms with E-state index in [0.717, 1.165) is 11.3 Å². The first-order chi connectivity index (χ1) is 15.4. The van der Waals surface area contributed by atoms with E-state index in [0.29, 0.717) is 5.82 Å². The van der Waals surface area contributed by atoms with Gasteiger partial charge in [0.15, 0.2) is 12.1 Å². The average Bonchev–Trinajstić information content (AvgIpc) is 3.15. The number of aromatic nitrogens is 3. The number of hydrogen-bond donors (Lipinski definition) is 4. The van der Waals surface area contributed by atoms with E-state index < -0.39 is 43.1 Å². The molecule has 1 aromatic heterocycles. The lowest BCUT2D eigenvalue weighted by Gasteiger charge is -2.42. The third-order valence-corrected chi connectivity index (χ3v) is 5.73. The SMILES string of the molecule is CC(=O)N[C@H]1[C@@H](O)[C@H](O)[C@H](CO)O[C@@H]1n1nc(-c2ccccc2)n(-c2ccccc2)c1=S. The lowest BCUT2D eigenvalue weighted by atomic mass is 9.96. The normalized spacial score (nSPS) is 25.4. The minimum atomic E-state index is -1.40. The molecule has 0 aliphatic carbocycles. The van der Waals surface area contributed by atoms with E-state index in [9.17, 15) is 20.1 Å². The van der Waals surface area contributed by atoms with E-state index in [-0.39, 0.29) is 4.77 Å². The summed E-state index contributed by atoms with van der Waals surface area (Å²) in [5, 5.41) is 38.0. The number of carbonyl (C=O) groups is 1. The molecule has 4 N–H and O–H groups in total. The summed E-state index contributed by atoms with van der Waals surface area (Å²) in [6.07, 6.45) is -4.94. The van der Waals surface area contributed by atoms with Crippen molar-refractivity contribution < 1.29 is 24.9 Å². The van der Waals surface area contributed by atoms with Gasteiger partial charge in [0.2, 0.25) is 10.7 Å². The van der Waals surface area contributed by atoms with E-state index in [1.165, 1.54) is 11.6 Å². The topological polar surface area (TPSA) is 122 Å². The number of carbonyl (C=O) groups excluding carboxylic acids is 1. The maximum Gasteiger partial charge on any atom is 0.217 e. The minimum absolute atomic E-state index is 0.260.